The summed E-state index contributed by atoms with van der Waals surface area (Å²) in [6, 6.07) is 8.52. The molecular weight excluding hydrogens is 247 g/mol. The molecular formula is C11H8Cl2N2O. The molecule has 0 saturated carbocycles. The molecule has 0 aliphatic heterocycles. The summed E-state index contributed by atoms with van der Waals surface area (Å²) in [4.78, 5) is 3.98. The van der Waals surface area contributed by atoms with Crippen LogP contribution in [-0.2, 0) is 0 Å². The second kappa shape index (κ2) is 4.60. The Morgan fingerprint density at radius 2 is 1.81 bits per heavy atom. The summed E-state index contributed by atoms with van der Waals surface area (Å²) in [5.41, 5.74) is 6.22. The van der Waals surface area contributed by atoms with Gasteiger partial charge in [0.25, 0.3) is 0 Å². The molecule has 16 heavy (non-hydrogen) atoms. The van der Waals surface area contributed by atoms with Gasteiger partial charge in [-0.3, -0.25) is 0 Å². The van der Waals surface area contributed by atoms with E-state index in [9.17, 15) is 0 Å². The Bertz CT molecular complexity index is 500. The maximum atomic E-state index is 5.91. The van der Waals surface area contributed by atoms with Crippen molar-refractivity contribution in [2.45, 2.75) is 0 Å². The number of anilines is 1. The summed E-state index contributed by atoms with van der Waals surface area (Å²) in [6.45, 7) is 0. The van der Waals surface area contributed by atoms with Crippen molar-refractivity contribution in [1.29, 1.82) is 0 Å². The van der Waals surface area contributed by atoms with Gasteiger partial charge in [-0.1, -0.05) is 23.2 Å². The minimum absolute atomic E-state index is 0.316. The van der Waals surface area contributed by atoms with Crippen LogP contribution < -0.4 is 10.5 Å². The van der Waals surface area contributed by atoms with Crippen molar-refractivity contribution in [1.82, 2.24) is 4.98 Å². The molecule has 0 bridgehead atoms. The molecule has 82 valence electrons. The number of nitrogen functional groups attached to an aromatic ring is 1. The number of aromatic nitrogens is 1. The maximum absolute atomic E-state index is 5.91. The Labute approximate surface area is 103 Å². The molecule has 1 aromatic carbocycles. The number of rotatable bonds is 2. The highest BCUT2D eigenvalue weighted by atomic mass is 35.5. The topological polar surface area (TPSA) is 48.1 Å². The number of benzene rings is 1. The zero-order valence-corrected chi connectivity index (χ0v) is 9.66. The van der Waals surface area contributed by atoms with Crippen LogP contribution in [0.4, 0.5) is 5.69 Å². The van der Waals surface area contributed by atoms with Crippen molar-refractivity contribution in [3.63, 3.8) is 0 Å². The predicted octanol–water partition coefficient (Wildman–Crippen LogP) is 3.76. The van der Waals surface area contributed by atoms with E-state index in [-0.39, 0.29) is 0 Å². The van der Waals surface area contributed by atoms with E-state index in [4.69, 9.17) is 33.7 Å². The molecule has 0 fully saturated rings. The quantitative estimate of drug-likeness (QED) is 0.831. The van der Waals surface area contributed by atoms with E-state index < -0.39 is 0 Å². The molecule has 0 unspecified atom stereocenters. The van der Waals surface area contributed by atoms with Crippen LogP contribution in [0.15, 0.2) is 36.5 Å². The molecule has 0 radical (unpaired) electrons. The van der Waals surface area contributed by atoms with Crippen LogP contribution in [0.2, 0.25) is 10.0 Å². The zero-order chi connectivity index (χ0) is 11.5. The van der Waals surface area contributed by atoms with E-state index >= 15 is 0 Å². The first-order chi connectivity index (χ1) is 7.65. The van der Waals surface area contributed by atoms with Gasteiger partial charge in [0, 0.05) is 11.9 Å². The van der Waals surface area contributed by atoms with Gasteiger partial charge < -0.3 is 10.5 Å². The second-order valence-corrected chi connectivity index (χ2v) is 3.96. The minimum Gasteiger partial charge on any atom is -0.438 e. The molecule has 0 amide bonds. The lowest BCUT2D eigenvalue weighted by Gasteiger charge is -2.06. The normalized spacial score (nSPS) is 10.1. The molecule has 0 spiro atoms. The van der Waals surface area contributed by atoms with Gasteiger partial charge >= 0.3 is 0 Å². The highest BCUT2D eigenvalue weighted by molar-refractivity contribution is 6.35. The average Bonchev–Trinajstić information content (AvgIpc) is 2.25. The van der Waals surface area contributed by atoms with Crippen LogP contribution in [0.25, 0.3) is 0 Å². The summed E-state index contributed by atoms with van der Waals surface area (Å²) in [5.74, 6) is 0.932. The summed E-state index contributed by atoms with van der Waals surface area (Å²) in [5, 5.41) is 0.832. The lowest BCUT2D eigenvalue weighted by Crippen LogP contribution is -1.89. The first-order valence-corrected chi connectivity index (χ1v) is 5.25. The molecule has 0 saturated heterocycles. The van der Waals surface area contributed by atoms with Crippen LogP contribution in [-0.4, -0.2) is 4.98 Å². The number of ether oxygens (including phenoxy) is 1. The third-order valence-corrected chi connectivity index (χ3v) is 2.35. The fourth-order valence-corrected chi connectivity index (χ4v) is 1.54. The van der Waals surface area contributed by atoms with Crippen molar-refractivity contribution in [3.8, 4) is 11.6 Å². The summed E-state index contributed by atoms with van der Waals surface area (Å²) >= 11 is 11.6. The summed E-state index contributed by atoms with van der Waals surface area (Å²) in [6.07, 6.45) is 1.47. The molecule has 3 nitrogen and oxygen atoms in total. The highest BCUT2D eigenvalue weighted by Gasteiger charge is 2.05. The van der Waals surface area contributed by atoms with E-state index in [0.717, 1.165) is 0 Å². The Hall–Kier alpha value is -1.45. The fraction of sp³-hybridized carbons (Fsp3) is 0. The van der Waals surface area contributed by atoms with E-state index in [0.29, 0.717) is 27.4 Å². The van der Waals surface area contributed by atoms with Gasteiger partial charge in [-0.05, 0) is 30.3 Å². The van der Waals surface area contributed by atoms with E-state index in [1.807, 2.05) is 0 Å². The smallest absolute Gasteiger partial charge is 0.238 e. The number of hydrogen-bond acceptors (Lipinski definition) is 3. The first kappa shape index (κ1) is 11.0. The van der Waals surface area contributed by atoms with Crippen LogP contribution in [0.1, 0.15) is 0 Å². The van der Waals surface area contributed by atoms with Gasteiger partial charge in [-0.25, -0.2) is 4.98 Å². The van der Waals surface area contributed by atoms with Gasteiger partial charge in [0.1, 0.15) is 10.8 Å². The molecule has 1 heterocycles. The SMILES string of the molecule is Nc1ccc(Oc2ncc(Cl)cc2Cl)cc1. The molecule has 2 N–H and O–H groups in total. The summed E-state index contributed by atoms with van der Waals surface area (Å²) in [7, 11) is 0. The van der Waals surface area contributed by atoms with Gasteiger partial charge in [-0.15, -0.1) is 0 Å². The number of pyridine rings is 1. The molecule has 0 aliphatic rings. The lowest BCUT2D eigenvalue weighted by atomic mass is 10.3. The van der Waals surface area contributed by atoms with Gasteiger partial charge in [0.2, 0.25) is 5.88 Å². The standard InChI is InChI=1S/C11H8Cl2N2O/c12-7-5-10(13)11(15-6-7)16-9-3-1-8(14)2-4-9/h1-6H,14H2. The van der Waals surface area contributed by atoms with E-state index in [1.54, 1.807) is 30.3 Å². The van der Waals surface area contributed by atoms with Crippen LogP contribution in [0.3, 0.4) is 0 Å². The fourth-order valence-electron chi connectivity index (χ4n) is 1.12. The molecule has 5 heteroatoms. The molecule has 0 atom stereocenters. The van der Waals surface area contributed by atoms with Crippen molar-refractivity contribution in [2.24, 2.45) is 0 Å². The molecule has 0 aliphatic carbocycles. The third-order valence-electron chi connectivity index (χ3n) is 1.87. The Balaban J connectivity index is 2.23. The van der Waals surface area contributed by atoms with Gasteiger partial charge in [-0.2, -0.15) is 0 Å². The van der Waals surface area contributed by atoms with Crippen molar-refractivity contribution in [3.05, 3.63) is 46.6 Å². The monoisotopic (exact) mass is 254 g/mol. The number of hydrogen-bond donors (Lipinski definition) is 1. The van der Waals surface area contributed by atoms with Crippen molar-refractivity contribution in [2.75, 3.05) is 5.73 Å². The Morgan fingerprint density at radius 1 is 1.12 bits per heavy atom. The van der Waals surface area contributed by atoms with Crippen molar-refractivity contribution >= 4 is 28.9 Å². The van der Waals surface area contributed by atoms with E-state index in [2.05, 4.69) is 4.98 Å². The zero-order valence-electron chi connectivity index (χ0n) is 8.15. The Morgan fingerprint density at radius 3 is 2.44 bits per heavy atom. The lowest BCUT2D eigenvalue weighted by molar-refractivity contribution is 0.463. The van der Waals surface area contributed by atoms with Gasteiger partial charge in [0.15, 0.2) is 0 Å². The van der Waals surface area contributed by atoms with Crippen LogP contribution in [0, 0.1) is 0 Å². The number of nitrogens with zero attached hydrogens (tertiary/aromatic N) is 1. The minimum atomic E-state index is 0.316. The maximum Gasteiger partial charge on any atom is 0.238 e. The third kappa shape index (κ3) is 2.56. The largest absolute Gasteiger partial charge is 0.438 e. The van der Waals surface area contributed by atoms with Crippen molar-refractivity contribution < 1.29 is 4.74 Å². The summed E-state index contributed by atoms with van der Waals surface area (Å²) < 4.78 is 5.46. The predicted molar refractivity (Wildman–Crippen MR) is 65.2 cm³/mol. The second-order valence-electron chi connectivity index (χ2n) is 3.11. The molecule has 1 aromatic heterocycles. The van der Waals surface area contributed by atoms with Crippen LogP contribution >= 0.6 is 23.2 Å². The Kier molecular flexibility index (Phi) is 3.17. The number of nitrogens with two attached hydrogens (primary N) is 1. The number of halogens is 2. The molecule has 2 rings (SSSR count). The first-order valence-electron chi connectivity index (χ1n) is 4.49. The van der Waals surface area contributed by atoms with Gasteiger partial charge in [0.05, 0.1) is 5.02 Å². The highest BCUT2D eigenvalue weighted by Crippen LogP contribution is 2.29. The molecule has 2 aromatic rings. The van der Waals surface area contributed by atoms with E-state index in [1.165, 1.54) is 6.20 Å². The van der Waals surface area contributed by atoms with Crippen LogP contribution in [0.5, 0.6) is 11.6 Å². The average molecular weight is 255 g/mol.